The number of hydrogen-bond acceptors (Lipinski definition) is 6. The Labute approximate surface area is 286 Å². The SMILES string of the molecule is c1ccc(-c2cc(-c3ccccc3)nc(-c3ccc4oc5cccc(-c6nc(-c7ccccc7)c7oc8ccccc8c7n6)c5c4c3)n2)cc1. The van der Waals surface area contributed by atoms with Gasteiger partial charge in [-0.05, 0) is 42.5 Å². The highest BCUT2D eigenvalue weighted by Gasteiger charge is 2.21. The van der Waals surface area contributed by atoms with E-state index in [2.05, 4.69) is 42.5 Å². The first kappa shape index (κ1) is 28.1. The smallest absolute Gasteiger partial charge is 0.180 e. The summed E-state index contributed by atoms with van der Waals surface area (Å²) in [7, 11) is 0. The van der Waals surface area contributed by atoms with Crippen LogP contribution in [0.3, 0.4) is 0 Å². The van der Waals surface area contributed by atoms with Crippen molar-refractivity contribution in [2.24, 2.45) is 0 Å². The standard InChI is InChI=1S/C44H26N4O2/c1-4-13-27(14-5-1)34-26-35(28-15-6-2-7-16-28)46-43(45-34)30-23-24-37-33(25-30)39-32(20-12-22-38(39)49-37)44-47-40(29-17-8-3-9-18-29)42-41(48-44)31-19-10-11-21-36(31)50-42/h1-26H. The molecule has 0 N–H and O–H groups in total. The van der Waals surface area contributed by atoms with Crippen LogP contribution in [-0.4, -0.2) is 19.9 Å². The van der Waals surface area contributed by atoms with Gasteiger partial charge in [-0.1, -0.05) is 115 Å². The quantitative estimate of drug-likeness (QED) is 0.186. The summed E-state index contributed by atoms with van der Waals surface area (Å²) in [6.45, 7) is 0. The van der Waals surface area contributed by atoms with E-state index in [1.807, 2.05) is 115 Å². The molecule has 0 spiro atoms. The van der Waals surface area contributed by atoms with Gasteiger partial charge in [-0.2, -0.15) is 0 Å². The van der Waals surface area contributed by atoms with Gasteiger partial charge < -0.3 is 8.83 Å². The van der Waals surface area contributed by atoms with Gasteiger partial charge in [0.05, 0.1) is 11.4 Å². The second-order valence-corrected chi connectivity index (χ2v) is 12.2. The predicted octanol–water partition coefficient (Wildman–Crippen LogP) is 11.4. The van der Waals surface area contributed by atoms with E-state index in [0.29, 0.717) is 17.2 Å². The first-order valence-electron chi connectivity index (χ1n) is 16.5. The van der Waals surface area contributed by atoms with Gasteiger partial charge in [0, 0.05) is 44.0 Å². The van der Waals surface area contributed by atoms with Crippen molar-refractivity contribution in [2.75, 3.05) is 0 Å². The minimum atomic E-state index is 0.593. The van der Waals surface area contributed by atoms with Crippen molar-refractivity contribution < 1.29 is 8.83 Å². The van der Waals surface area contributed by atoms with E-state index in [1.54, 1.807) is 0 Å². The van der Waals surface area contributed by atoms with Crippen LogP contribution in [0.2, 0.25) is 0 Å². The van der Waals surface area contributed by atoms with Crippen LogP contribution >= 0.6 is 0 Å². The van der Waals surface area contributed by atoms with E-state index in [0.717, 1.165) is 83.3 Å². The lowest BCUT2D eigenvalue weighted by Crippen LogP contribution is -1.96. The normalized spacial score (nSPS) is 11.6. The van der Waals surface area contributed by atoms with Gasteiger partial charge in [0.2, 0.25) is 0 Å². The first-order valence-corrected chi connectivity index (χ1v) is 16.5. The number of benzene rings is 6. The van der Waals surface area contributed by atoms with Gasteiger partial charge in [0.25, 0.3) is 0 Å². The lowest BCUT2D eigenvalue weighted by atomic mass is 10.0. The first-order chi connectivity index (χ1) is 24.8. The van der Waals surface area contributed by atoms with Crippen molar-refractivity contribution in [2.45, 2.75) is 0 Å². The van der Waals surface area contributed by atoms with E-state index in [9.17, 15) is 0 Å². The summed E-state index contributed by atoms with van der Waals surface area (Å²) < 4.78 is 12.8. The maximum absolute atomic E-state index is 6.43. The summed E-state index contributed by atoms with van der Waals surface area (Å²) in [5, 5.41) is 2.81. The zero-order valence-corrected chi connectivity index (χ0v) is 26.6. The average molecular weight is 643 g/mol. The van der Waals surface area contributed by atoms with Crippen LogP contribution in [0.4, 0.5) is 0 Å². The summed E-state index contributed by atoms with van der Waals surface area (Å²) in [5.74, 6) is 1.23. The van der Waals surface area contributed by atoms with Gasteiger partial charge in [0.15, 0.2) is 17.2 Å². The Bertz CT molecular complexity index is 2800. The van der Waals surface area contributed by atoms with Crippen LogP contribution in [0.1, 0.15) is 0 Å². The fraction of sp³-hybridized carbons (Fsp3) is 0. The highest BCUT2D eigenvalue weighted by atomic mass is 16.3. The Morgan fingerprint density at radius 3 is 1.72 bits per heavy atom. The van der Waals surface area contributed by atoms with E-state index >= 15 is 0 Å². The van der Waals surface area contributed by atoms with Crippen LogP contribution in [-0.2, 0) is 0 Å². The molecule has 0 atom stereocenters. The second kappa shape index (κ2) is 11.4. The minimum absolute atomic E-state index is 0.593. The lowest BCUT2D eigenvalue weighted by molar-refractivity contribution is 0.667. The van der Waals surface area contributed by atoms with Crippen molar-refractivity contribution in [3.8, 4) is 56.5 Å². The number of para-hydroxylation sites is 1. The van der Waals surface area contributed by atoms with Crippen molar-refractivity contribution in [1.82, 2.24) is 19.9 Å². The third kappa shape index (κ3) is 4.65. The molecule has 0 saturated heterocycles. The van der Waals surface area contributed by atoms with Crippen molar-refractivity contribution in [3.63, 3.8) is 0 Å². The van der Waals surface area contributed by atoms with Crippen LogP contribution in [0.15, 0.2) is 167 Å². The fourth-order valence-electron chi connectivity index (χ4n) is 6.75. The molecule has 0 saturated carbocycles. The largest absolute Gasteiger partial charge is 0.456 e. The Kier molecular flexibility index (Phi) is 6.39. The third-order valence-corrected chi connectivity index (χ3v) is 9.13. The highest BCUT2D eigenvalue weighted by molar-refractivity contribution is 6.14. The topological polar surface area (TPSA) is 77.8 Å². The number of fused-ring (bicyclic) bond motifs is 6. The predicted molar refractivity (Wildman–Crippen MR) is 199 cm³/mol. The molecule has 6 nitrogen and oxygen atoms in total. The maximum atomic E-state index is 6.43. The minimum Gasteiger partial charge on any atom is -0.456 e. The van der Waals surface area contributed by atoms with Gasteiger partial charge in [-0.3, -0.25) is 0 Å². The van der Waals surface area contributed by atoms with Crippen LogP contribution in [0.5, 0.6) is 0 Å². The molecule has 0 fully saturated rings. The van der Waals surface area contributed by atoms with Crippen molar-refractivity contribution >= 4 is 44.0 Å². The van der Waals surface area contributed by atoms with Gasteiger partial charge in [-0.15, -0.1) is 0 Å². The van der Waals surface area contributed by atoms with E-state index in [4.69, 9.17) is 28.8 Å². The van der Waals surface area contributed by atoms with Crippen LogP contribution in [0, 0.1) is 0 Å². The Hall–Kier alpha value is -6.92. The Balaban J connectivity index is 1.20. The number of aromatic nitrogens is 4. The Morgan fingerprint density at radius 1 is 0.380 bits per heavy atom. The summed E-state index contributed by atoms with van der Waals surface area (Å²) in [5.41, 5.74) is 10.9. The lowest BCUT2D eigenvalue weighted by Gasteiger charge is -2.10. The fourth-order valence-corrected chi connectivity index (χ4v) is 6.75. The van der Waals surface area contributed by atoms with E-state index < -0.39 is 0 Å². The summed E-state index contributed by atoms with van der Waals surface area (Å²) in [6, 6.07) is 52.8. The molecular weight excluding hydrogens is 617 g/mol. The number of rotatable bonds is 5. The highest BCUT2D eigenvalue weighted by Crippen LogP contribution is 2.40. The average Bonchev–Trinajstić information content (AvgIpc) is 3.76. The summed E-state index contributed by atoms with van der Waals surface area (Å²) in [4.78, 5) is 20.5. The summed E-state index contributed by atoms with van der Waals surface area (Å²) in [6.07, 6.45) is 0. The molecule has 10 aromatic rings. The molecule has 0 radical (unpaired) electrons. The zero-order valence-electron chi connectivity index (χ0n) is 26.6. The molecule has 0 aliphatic heterocycles. The van der Waals surface area contributed by atoms with Crippen molar-refractivity contribution in [1.29, 1.82) is 0 Å². The monoisotopic (exact) mass is 642 g/mol. The molecule has 0 amide bonds. The number of nitrogens with zero attached hydrogens (tertiary/aromatic N) is 4. The molecule has 4 aromatic heterocycles. The molecule has 6 aromatic carbocycles. The van der Waals surface area contributed by atoms with Gasteiger partial charge in [0.1, 0.15) is 28.0 Å². The maximum Gasteiger partial charge on any atom is 0.180 e. The Morgan fingerprint density at radius 2 is 1.00 bits per heavy atom. The molecular formula is C44H26N4O2. The van der Waals surface area contributed by atoms with Crippen LogP contribution < -0.4 is 0 Å². The molecule has 0 aliphatic carbocycles. The summed E-state index contributed by atoms with van der Waals surface area (Å²) >= 11 is 0. The van der Waals surface area contributed by atoms with Gasteiger partial charge >= 0.3 is 0 Å². The van der Waals surface area contributed by atoms with Gasteiger partial charge in [-0.25, -0.2) is 19.9 Å². The molecule has 234 valence electrons. The van der Waals surface area contributed by atoms with E-state index in [1.165, 1.54) is 0 Å². The second-order valence-electron chi connectivity index (χ2n) is 12.2. The molecule has 10 rings (SSSR count). The third-order valence-electron chi connectivity index (χ3n) is 9.13. The zero-order chi connectivity index (χ0) is 33.0. The van der Waals surface area contributed by atoms with Crippen LogP contribution in [0.25, 0.3) is 101 Å². The molecule has 4 heterocycles. The number of hydrogen-bond donors (Lipinski definition) is 0. The molecule has 6 heteroatoms. The number of furan rings is 2. The molecule has 0 aliphatic rings. The molecule has 50 heavy (non-hydrogen) atoms. The molecule has 0 bridgehead atoms. The van der Waals surface area contributed by atoms with E-state index in [-0.39, 0.29) is 0 Å². The van der Waals surface area contributed by atoms with Crippen molar-refractivity contribution in [3.05, 3.63) is 158 Å². The molecule has 0 unspecified atom stereocenters.